The van der Waals surface area contributed by atoms with Gasteiger partial charge in [-0.2, -0.15) is 0 Å². The van der Waals surface area contributed by atoms with E-state index in [9.17, 15) is 0 Å². The van der Waals surface area contributed by atoms with Crippen molar-refractivity contribution in [3.63, 3.8) is 0 Å². The van der Waals surface area contributed by atoms with E-state index in [1.807, 2.05) is 0 Å². The summed E-state index contributed by atoms with van der Waals surface area (Å²) in [6.45, 7) is 7.39. The van der Waals surface area contributed by atoms with E-state index in [-0.39, 0.29) is 0 Å². The first-order chi connectivity index (χ1) is 10.1. The summed E-state index contributed by atoms with van der Waals surface area (Å²) in [5.74, 6) is 0.822. The minimum Gasteiger partial charge on any atom is -0.316 e. The number of rotatable bonds is 2. The van der Waals surface area contributed by atoms with Crippen LogP contribution in [0, 0.1) is 16.7 Å². The zero-order chi connectivity index (χ0) is 14.8. The van der Waals surface area contributed by atoms with Crippen LogP contribution < -0.4 is 5.32 Å². The van der Waals surface area contributed by atoms with Gasteiger partial charge in [0.2, 0.25) is 0 Å². The fourth-order valence-corrected chi connectivity index (χ4v) is 4.64. The van der Waals surface area contributed by atoms with Gasteiger partial charge in [0.25, 0.3) is 0 Å². The smallest absolute Gasteiger partial charge is 0.00120 e. The van der Waals surface area contributed by atoms with Gasteiger partial charge < -0.3 is 5.32 Å². The van der Waals surface area contributed by atoms with E-state index < -0.39 is 0 Å². The summed E-state index contributed by atoms with van der Waals surface area (Å²) < 4.78 is 0. The Morgan fingerprint density at radius 1 is 1.00 bits per heavy atom. The Labute approximate surface area is 130 Å². The van der Waals surface area contributed by atoms with Gasteiger partial charge in [-0.3, -0.25) is 0 Å². The van der Waals surface area contributed by atoms with Crippen LogP contribution >= 0.6 is 0 Å². The second-order valence-electron chi connectivity index (χ2n) is 8.22. The molecule has 1 nitrogen and oxygen atoms in total. The molecule has 116 valence electrons. The van der Waals surface area contributed by atoms with Crippen LogP contribution in [0.3, 0.4) is 0 Å². The summed E-state index contributed by atoms with van der Waals surface area (Å²) in [5, 5.41) is 3.67. The van der Waals surface area contributed by atoms with Gasteiger partial charge in [0.15, 0.2) is 0 Å². The van der Waals surface area contributed by atoms with Crippen LogP contribution in [0.1, 0.15) is 57.9 Å². The highest BCUT2D eigenvalue weighted by Gasteiger charge is 2.42. The SMILES string of the molecule is CC1(C)CCCC2(CCNCC2Cc2ccccc2)CC1. The molecule has 1 aliphatic carbocycles. The molecule has 0 amide bonds. The minimum absolute atomic E-state index is 0.561. The first-order valence-corrected chi connectivity index (χ1v) is 8.84. The quantitative estimate of drug-likeness (QED) is 0.822. The summed E-state index contributed by atoms with van der Waals surface area (Å²) in [6, 6.07) is 11.1. The highest BCUT2D eigenvalue weighted by atomic mass is 14.9. The molecule has 1 heteroatoms. The minimum atomic E-state index is 0.561. The lowest BCUT2D eigenvalue weighted by Crippen LogP contribution is -2.46. The summed E-state index contributed by atoms with van der Waals surface area (Å²) >= 11 is 0. The maximum Gasteiger partial charge on any atom is -0.00120 e. The van der Waals surface area contributed by atoms with Gasteiger partial charge in [0.1, 0.15) is 0 Å². The van der Waals surface area contributed by atoms with Crippen molar-refractivity contribution in [2.45, 2.75) is 58.8 Å². The molecule has 2 aliphatic rings. The normalized spacial score (nSPS) is 32.8. The first-order valence-electron chi connectivity index (χ1n) is 8.84. The standard InChI is InChI=1S/C20H31N/c1-19(2)9-6-10-20(12-11-19)13-14-21-16-18(20)15-17-7-4-3-5-8-17/h3-5,7-8,18,21H,6,9-16H2,1-2H3. The molecular formula is C20H31N. The number of hydrogen-bond acceptors (Lipinski definition) is 1. The molecule has 21 heavy (non-hydrogen) atoms. The van der Waals surface area contributed by atoms with E-state index in [2.05, 4.69) is 49.5 Å². The number of benzene rings is 1. The fraction of sp³-hybridized carbons (Fsp3) is 0.700. The molecule has 1 N–H and O–H groups in total. The van der Waals surface area contributed by atoms with Crippen molar-refractivity contribution < 1.29 is 0 Å². The van der Waals surface area contributed by atoms with E-state index in [1.165, 1.54) is 63.6 Å². The molecule has 1 aliphatic heterocycles. The van der Waals surface area contributed by atoms with E-state index in [4.69, 9.17) is 0 Å². The molecule has 0 bridgehead atoms. The average Bonchev–Trinajstić information content (AvgIpc) is 2.63. The highest BCUT2D eigenvalue weighted by molar-refractivity contribution is 5.16. The van der Waals surface area contributed by atoms with Gasteiger partial charge in [-0.25, -0.2) is 0 Å². The van der Waals surface area contributed by atoms with Gasteiger partial charge in [0.05, 0.1) is 0 Å². The molecular weight excluding hydrogens is 254 g/mol. The van der Waals surface area contributed by atoms with Crippen molar-refractivity contribution >= 4 is 0 Å². The molecule has 2 unspecified atom stereocenters. The van der Waals surface area contributed by atoms with Gasteiger partial charge in [-0.15, -0.1) is 0 Å². The molecule has 2 atom stereocenters. The molecule has 1 saturated carbocycles. The third-order valence-corrected chi connectivity index (χ3v) is 6.21. The Kier molecular flexibility index (Phi) is 4.40. The predicted molar refractivity (Wildman–Crippen MR) is 90.4 cm³/mol. The number of nitrogens with one attached hydrogen (secondary N) is 1. The Hall–Kier alpha value is -0.820. The summed E-state index contributed by atoms with van der Waals surface area (Å²) in [5.41, 5.74) is 2.69. The molecule has 0 radical (unpaired) electrons. The Bertz CT molecular complexity index is 450. The van der Waals surface area contributed by atoms with Crippen molar-refractivity contribution in [1.82, 2.24) is 5.32 Å². The fourth-order valence-electron chi connectivity index (χ4n) is 4.64. The van der Waals surface area contributed by atoms with Crippen LogP contribution in [-0.2, 0) is 6.42 Å². The Balaban J connectivity index is 1.77. The van der Waals surface area contributed by atoms with Crippen molar-refractivity contribution in [2.24, 2.45) is 16.7 Å². The first kappa shape index (κ1) is 15.1. The third-order valence-electron chi connectivity index (χ3n) is 6.21. The summed E-state index contributed by atoms with van der Waals surface area (Å²) in [7, 11) is 0. The van der Waals surface area contributed by atoms with Gasteiger partial charge in [0, 0.05) is 0 Å². The molecule has 0 aromatic heterocycles. The van der Waals surface area contributed by atoms with E-state index in [0.29, 0.717) is 10.8 Å². The van der Waals surface area contributed by atoms with Crippen molar-refractivity contribution in [2.75, 3.05) is 13.1 Å². The zero-order valence-electron chi connectivity index (χ0n) is 13.8. The summed E-state index contributed by atoms with van der Waals surface area (Å²) in [4.78, 5) is 0. The van der Waals surface area contributed by atoms with Crippen LogP contribution in [0.2, 0.25) is 0 Å². The van der Waals surface area contributed by atoms with E-state index in [1.54, 1.807) is 0 Å². The van der Waals surface area contributed by atoms with Crippen LogP contribution in [0.15, 0.2) is 30.3 Å². The van der Waals surface area contributed by atoms with Crippen LogP contribution in [0.4, 0.5) is 0 Å². The lowest BCUT2D eigenvalue weighted by molar-refractivity contribution is 0.0823. The van der Waals surface area contributed by atoms with Crippen molar-refractivity contribution in [3.05, 3.63) is 35.9 Å². The number of piperidine rings is 1. The van der Waals surface area contributed by atoms with Crippen molar-refractivity contribution in [1.29, 1.82) is 0 Å². The highest BCUT2D eigenvalue weighted by Crippen LogP contribution is 2.50. The molecule has 1 heterocycles. The van der Waals surface area contributed by atoms with Crippen LogP contribution in [-0.4, -0.2) is 13.1 Å². The molecule has 1 aromatic rings. The summed E-state index contributed by atoms with van der Waals surface area (Å²) in [6.07, 6.45) is 9.81. The predicted octanol–water partition coefficient (Wildman–Crippen LogP) is 4.82. The zero-order valence-corrected chi connectivity index (χ0v) is 13.8. The van der Waals surface area contributed by atoms with Crippen LogP contribution in [0.5, 0.6) is 0 Å². The lowest BCUT2D eigenvalue weighted by atomic mass is 9.64. The Morgan fingerprint density at radius 3 is 2.62 bits per heavy atom. The van der Waals surface area contributed by atoms with E-state index in [0.717, 1.165) is 5.92 Å². The molecule has 3 rings (SSSR count). The van der Waals surface area contributed by atoms with Gasteiger partial charge in [-0.1, -0.05) is 50.6 Å². The topological polar surface area (TPSA) is 12.0 Å². The second kappa shape index (κ2) is 6.12. The largest absolute Gasteiger partial charge is 0.316 e. The molecule has 1 aromatic carbocycles. The molecule has 1 saturated heterocycles. The number of hydrogen-bond donors (Lipinski definition) is 1. The van der Waals surface area contributed by atoms with Gasteiger partial charge >= 0.3 is 0 Å². The maximum atomic E-state index is 3.67. The van der Waals surface area contributed by atoms with E-state index >= 15 is 0 Å². The second-order valence-corrected chi connectivity index (χ2v) is 8.22. The maximum absolute atomic E-state index is 3.67. The lowest BCUT2D eigenvalue weighted by Gasteiger charge is -2.45. The third kappa shape index (κ3) is 3.51. The Morgan fingerprint density at radius 2 is 1.81 bits per heavy atom. The molecule has 2 fully saturated rings. The monoisotopic (exact) mass is 285 g/mol. The average molecular weight is 285 g/mol. The van der Waals surface area contributed by atoms with Crippen LogP contribution in [0.25, 0.3) is 0 Å². The molecule has 1 spiro atoms. The van der Waals surface area contributed by atoms with Crippen molar-refractivity contribution in [3.8, 4) is 0 Å². The van der Waals surface area contributed by atoms with Gasteiger partial charge in [-0.05, 0) is 73.9 Å².